The van der Waals surface area contributed by atoms with Crippen molar-refractivity contribution in [1.82, 2.24) is 19.4 Å². The van der Waals surface area contributed by atoms with Crippen LogP contribution >= 0.6 is 0 Å². The fourth-order valence-electron chi connectivity index (χ4n) is 3.67. The number of carbonyl (C=O) groups excluding carboxylic acids is 1. The number of hydrogen-bond donors (Lipinski definition) is 0. The van der Waals surface area contributed by atoms with Gasteiger partial charge in [0.25, 0.3) is 5.91 Å². The molecular weight excluding hydrogens is 300 g/mol. The smallest absolute Gasteiger partial charge is 0.255 e. The molecule has 4 rings (SSSR count). The Morgan fingerprint density at radius 3 is 2.92 bits per heavy atom. The largest absolute Gasteiger partial charge is 0.336 e. The quantitative estimate of drug-likeness (QED) is 0.728. The van der Waals surface area contributed by atoms with Crippen LogP contribution in [-0.2, 0) is 7.05 Å². The average molecular weight is 320 g/mol. The normalized spacial score (nSPS) is 17.6. The lowest BCUT2D eigenvalue weighted by Crippen LogP contribution is -2.32. The van der Waals surface area contributed by atoms with Crippen molar-refractivity contribution in [2.45, 2.75) is 25.8 Å². The highest BCUT2D eigenvalue weighted by molar-refractivity contribution is 6.06. The van der Waals surface area contributed by atoms with E-state index in [0.717, 1.165) is 47.4 Å². The number of benzene rings is 1. The Bertz CT molecular complexity index is 909. The maximum atomic E-state index is 13.2. The van der Waals surface area contributed by atoms with Crippen molar-refractivity contribution >= 4 is 16.8 Å². The Labute approximate surface area is 140 Å². The molecule has 122 valence electrons. The SMILES string of the molecule is Cc1cn(C)c([C@H]2CCCN2C(=O)c2cccc3ncccc23)n1. The van der Waals surface area contributed by atoms with Gasteiger partial charge in [0.2, 0.25) is 0 Å². The molecule has 0 unspecified atom stereocenters. The molecule has 0 bridgehead atoms. The second kappa shape index (κ2) is 5.74. The van der Waals surface area contributed by atoms with E-state index in [1.807, 2.05) is 60.0 Å². The van der Waals surface area contributed by atoms with Gasteiger partial charge in [-0.05, 0) is 38.0 Å². The van der Waals surface area contributed by atoms with Gasteiger partial charge >= 0.3 is 0 Å². The first kappa shape index (κ1) is 14.9. The third-order valence-electron chi connectivity index (χ3n) is 4.72. The van der Waals surface area contributed by atoms with Gasteiger partial charge in [-0.2, -0.15) is 0 Å². The topological polar surface area (TPSA) is 51.0 Å². The molecule has 3 heterocycles. The second-order valence-corrected chi connectivity index (χ2v) is 6.38. The number of imidazole rings is 1. The summed E-state index contributed by atoms with van der Waals surface area (Å²) in [5.74, 6) is 1.04. The van der Waals surface area contributed by atoms with Crippen LogP contribution in [0.15, 0.2) is 42.7 Å². The first-order valence-electron chi connectivity index (χ1n) is 8.30. The van der Waals surface area contributed by atoms with Gasteiger partial charge in [-0.25, -0.2) is 4.98 Å². The summed E-state index contributed by atoms with van der Waals surface area (Å²) in [6.07, 6.45) is 5.73. The number of pyridine rings is 1. The van der Waals surface area contributed by atoms with E-state index in [2.05, 4.69) is 9.97 Å². The van der Waals surface area contributed by atoms with Gasteiger partial charge in [0, 0.05) is 36.9 Å². The van der Waals surface area contributed by atoms with Crippen molar-refractivity contribution in [3.63, 3.8) is 0 Å². The van der Waals surface area contributed by atoms with Gasteiger partial charge in [-0.1, -0.05) is 12.1 Å². The lowest BCUT2D eigenvalue weighted by atomic mass is 10.1. The molecule has 1 amide bonds. The van der Waals surface area contributed by atoms with Gasteiger partial charge in [-0.15, -0.1) is 0 Å². The summed E-state index contributed by atoms with van der Waals surface area (Å²) in [6.45, 7) is 2.76. The van der Waals surface area contributed by atoms with Crippen LogP contribution in [0.3, 0.4) is 0 Å². The number of aromatic nitrogens is 3. The van der Waals surface area contributed by atoms with Crippen LogP contribution in [0.4, 0.5) is 0 Å². The minimum absolute atomic E-state index is 0.0446. The van der Waals surface area contributed by atoms with E-state index in [4.69, 9.17) is 0 Å². The highest BCUT2D eigenvalue weighted by Crippen LogP contribution is 2.33. The van der Waals surface area contributed by atoms with E-state index in [1.165, 1.54) is 0 Å². The Morgan fingerprint density at radius 1 is 1.25 bits per heavy atom. The number of amides is 1. The van der Waals surface area contributed by atoms with Gasteiger partial charge in [0.15, 0.2) is 0 Å². The molecule has 1 aromatic carbocycles. The third kappa shape index (κ3) is 2.37. The zero-order chi connectivity index (χ0) is 16.7. The summed E-state index contributed by atoms with van der Waals surface area (Å²) >= 11 is 0. The molecule has 24 heavy (non-hydrogen) atoms. The number of aryl methyl sites for hydroxylation is 2. The Kier molecular flexibility index (Phi) is 3.56. The molecule has 1 aliphatic rings. The fraction of sp³-hybridized carbons (Fsp3) is 0.316. The zero-order valence-corrected chi connectivity index (χ0v) is 13.9. The highest BCUT2D eigenvalue weighted by Gasteiger charge is 2.33. The van der Waals surface area contributed by atoms with Crippen LogP contribution in [0.2, 0.25) is 0 Å². The number of fused-ring (bicyclic) bond motifs is 1. The Morgan fingerprint density at radius 2 is 2.12 bits per heavy atom. The maximum Gasteiger partial charge on any atom is 0.255 e. The first-order valence-corrected chi connectivity index (χ1v) is 8.30. The molecule has 0 aliphatic carbocycles. The molecule has 0 saturated carbocycles. The molecule has 0 spiro atoms. The lowest BCUT2D eigenvalue weighted by molar-refractivity contribution is 0.0730. The van der Waals surface area contributed by atoms with Crippen LogP contribution in [0.5, 0.6) is 0 Å². The predicted octanol–water partition coefficient (Wildman–Crippen LogP) is 3.25. The van der Waals surface area contributed by atoms with Crippen LogP contribution in [0.1, 0.15) is 40.8 Å². The van der Waals surface area contributed by atoms with Crippen molar-refractivity contribution in [2.75, 3.05) is 6.54 Å². The van der Waals surface area contributed by atoms with E-state index < -0.39 is 0 Å². The van der Waals surface area contributed by atoms with Crippen molar-refractivity contribution in [3.05, 3.63) is 59.8 Å². The maximum absolute atomic E-state index is 13.2. The summed E-state index contributed by atoms with van der Waals surface area (Å²) in [6, 6.07) is 9.62. The summed E-state index contributed by atoms with van der Waals surface area (Å²) in [5, 5.41) is 0.909. The van der Waals surface area contributed by atoms with E-state index in [-0.39, 0.29) is 11.9 Å². The Balaban J connectivity index is 1.74. The number of hydrogen-bond acceptors (Lipinski definition) is 3. The van der Waals surface area contributed by atoms with Gasteiger partial charge in [-0.3, -0.25) is 9.78 Å². The third-order valence-corrected chi connectivity index (χ3v) is 4.72. The number of carbonyl (C=O) groups is 1. The van der Waals surface area contributed by atoms with Crippen LogP contribution < -0.4 is 0 Å². The Hall–Kier alpha value is -2.69. The number of likely N-dealkylation sites (tertiary alicyclic amines) is 1. The van der Waals surface area contributed by atoms with E-state index in [1.54, 1.807) is 6.20 Å². The van der Waals surface area contributed by atoms with Gasteiger partial charge in [0.05, 0.1) is 17.3 Å². The summed E-state index contributed by atoms with van der Waals surface area (Å²) in [5.41, 5.74) is 2.56. The summed E-state index contributed by atoms with van der Waals surface area (Å²) in [7, 11) is 2.00. The molecule has 1 saturated heterocycles. The second-order valence-electron chi connectivity index (χ2n) is 6.38. The molecular formula is C19H20N4O. The molecule has 0 radical (unpaired) electrons. The van der Waals surface area contributed by atoms with Crippen LogP contribution in [0.25, 0.3) is 10.9 Å². The molecule has 1 aliphatic heterocycles. The number of rotatable bonds is 2. The molecule has 5 heteroatoms. The van der Waals surface area contributed by atoms with Crippen LogP contribution in [0, 0.1) is 6.92 Å². The first-order chi connectivity index (χ1) is 11.6. The van der Waals surface area contributed by atoms with E-state index >= 15 is 0 Å². The monoisotopic (exact) mass is 320 g/mol. The highest BCUT2D eigenvalue weighted by atomic mass is 16.2. The minimum atomic E-state index is 0.0446. The van der Waals surface area contributed by atoms with Crippen molar-refractivity contribution in [3.8, 4) is 0 Å². The standard InChI is InChI=1S/C19H20N4O/c1-13-12-22(2)18(21-13)17-9-5-11-23(17)19(24)15-6-3-8-16-14(15)7-4-10-20-16/h3-4,6-8,10,12,17H,5,9,11H2,1-2H3/t17-/m1/s1. The predicted molar refractivity (Wildman–Crippen MR) is 92.7 cm³/mol. The van der Waals surface area contributed by atoms with Gasteiger partial charge in [0.1, 0.15) is 5.82 Å². The van der Waals surface area contributed by atoms with Crippen molar-refractivity contribution in [1.29, 1.82) is 0 Å². The minimum Gasteiger partial charge on any atom is -0.336 e. The molecule has 3 aromatic rings. The van der Waals surface area contributed by atoms with Crippen molar-refractivity contribution < 1.29 is 4.79 Å². The lowest BCUT2D eigenvalue weighted by Gasteiger charge is -2.25. The molecule has 0 N–H and O–H groups in total. The fourth-order valence-corrected chi connectivity index (χ4v) is 3.67. The zero-order valence-electron chi connectivity index (χ0n) is 13.9. The average Bonchev–Trinajstić information content (AvgIpc) is 3.19. The molecule has 1 atom stereocenters. The van der Waals surface area contributed by atoms with E-state index in [9.17, 15) is 4.79 Å². The van der Waals surface area contributed by atoms with Crippen LogP contribution in [-0.4, -0.2) is 31.9 Å². The molecule has 2 aromatic heterocycles. The van der Waals surface area contributed by atoms with Gasteiger partial charge < -0.3 is 9.47 Å². The summed E-state index contributed by atoms with van der Waals surface area (Å²) < 4.78 is 2.04. The molecule has 5 nitrogen and oxygen atoms in total. The number of nitrogens with zero attached hydrogens (tertiary/aromatic N) is 4. The summed E-state index contributed by atoms with van der Waals surface area (Å²) in [4.78, 5) is 24.2. The van der Waals surface area contributed by atoms with Crippen molar-refractivity contribution in [2.24, 2.45) is 7.05 Å². The molecule has 1 fully saturated rings. The van der Waals surface area contributed by atoms with E-state index in [0.29, 0.717) is 0 Å².